The lowest BCUT2D eigenvalue weighted by atomic mass is 9.67. The maximum absolute atomic E-state index is 12.5. The Balaban J connectivity index is 1.33. The van der Waals surface area contributed by atoms with Crippen LogP contribution in [0.1, 0.15) is 56.6 Å². The highest BCUT2D eigenvalue weighted by atomic mass is 16.5. The summed E-state index contributed by atoms with van der Waals surface area (Å²) in [5.74, 6) is -0.568. The number of anilines is 1. The monoisotopic (exact) mass is 369 g/mol. The lowest BCUT2D eigenvalue weighted by molar-refractivity contribution is -0.161. The summed E-state index contributed by atoms with van der Waals surface area (Å²) in [6.07, 6.45) is 6.45. The Morgan fingerprint density at radius 2 is 1.78 bits per heavy atom. The average molecular weight is 369 g/mol. The molecule has 2 bridgehead atoms. The van der Waals surface area contributed by atoms with Crippen LogP contribution in [0.5, 0.6) is 0 Å². The maximum Gasteiger partial charge on any atom is 0.309 e. The molecule has 0 spiro atoms. The first-order valence-corrected chi connectivity index (χ1v) is 10.2. The number of aryl methyl sites for hydroxylation is 2. The van der Waals surface area contributed by atoms with Gasteiger partial charge < -0.3 is 10.1 Å². The largest absolute Gasteiger partial charge is 0.452 e. The van der Waals surface area contributed by atoms with Crippen molar-refractivity contribution in [2.75, 3.05) is 5.32 Å². The Hall–Kier alpha value is -2.17. The standard InChI is InChI=1S/C22H27NO4/c1-13(21(25)23-19-9-8-14-4-2-5-15(14)12-19)27-22(26)18-10-16-6-3-7-17(11-18)20(16)24/h8-9,12-13,16-18H,2-7,10-11H2,1H3,(H,23,25)/t13-,16-,17+,18?/m1/s1. The minimum atomic E-state index is -0.844. The van der Waals surface area contributed by atoms with Crippen LogP contribution in [-0.2, 0) is 32.0 Å². The number of ketones is 1. The van der Waals surface area contributed by atoms with E-state index in [0.29, 0.717) is 18.6 Å². The fraction of sp³-hybridized carbons (Fsp3) is 0.591. The Morgan fingerprint density at radius 3 is 2.52 bits per heavy atom. The lowest BCUT2D eigenvalue weighted by Crippen LogP contribution is -2.41. The Morgan fingerprint density at radius 1 is 1.07 bits per heavy atom. The molecule has 144 valence electrons. The molecule has 1 N–H and O–H groups in total. The number of esters is 1. The van der Waals surface area contributed by atoms with E-state index in [1.54, 1.807) is 6.92 Å². The summed E-state index contributed by atoms with van der Waals surface area (Å²) < 4.78 is 5.45. The van der Waals surface area contributed by atoms with Gasteiger partial charge >= 0.3 is 5.97 Å². The molecule has 0 aliphatic heterocycles. The minimum absolute atomic E-state index is 0.00518. The number of amides is 1. The van der Waals surface area contributed by atoms with Gasteiger partial charge in [-0.2, -0.15) is 0 Å². The van der Waals surface area contributed by atoms with Crippen molar-refractivity contribution in [1.29, 1.82) is 0 Å². The summed E-state index contributed by atoms with van der Waals surface area (Å²) in [5, 5.41) is 2.86. The van der Waals surface area contributed by atoms with Crippen molar-refractivity contribution >= 4 is 23.3 Å². The number of nitrogens with one attached hydrogen (secondary N) is 1. The first kappa shape index (κ1) is 18.2. The highest BCUT2D eigenvalue weighted by Gasteiger charge is 2.42. The first-order chi connectivity index (χ1) is 13.0. The molecule has 0 aromatic heterocycles. The van der Waals surface area contributed by atoms with Crippen LogP contribution in [0, 0.1) is 17.8 Å². The zero-order chi connectivity index (χ0) is 19.0. The van der Waals surface area contributed by atoms with E-state index in [1.807, 2.05) is 12.1 Å². The summed E-state index contributed by atoms with van der Waals surface area (Å²) in [6, 6.07) is 5.99. The molecule has 3 aliphatic carbocycles. The average Bonchev–Trinajstić information content (AvgIpc) is 3.09. The molecule has 2 saturated carbocycles. The zero-order valence-electron chi connectivity index (χ0n) is 15.8. The summed E-state index contributed by atoms with van der Waals surface area (Å²) in [4.78, 5) is 37.2. The van der Waals surface area contributed by atoms with E-state index in [2.05, 4.69) is 11.4 Å². The smallest absolute Gasteiger partial charge is 0.309 e. The number of rotatable bonds is 4. The molecule has 0 radical (unpaired) electrons. The van der Waals surface area contributed by atoms with Gasteiger partial charge in [-0.15, -0.1) is 0 Å². The SMILES string of the molecule is C[C@@H](OC(=O)C1C[C@H]2CCC[C@@H](C1)C2=O)C(=O)Nc1ccc2c(c1)CCC2. The fourth-order valence-corrected chi connectivity index (χ4v) is 4.89. The van der Waals surface area contributed by atoms with Crippen LogP contribution in [0.3, 0.4) is 0 Å². The van der Waals surface area contributed by atoms with E-state index in [0.717, 1.165) is 44.2 Å². The highest BCUT2D eigenvalue weighted by molar-refractivity contribution is 5.95. The predicted molar refractivity (Wildman–Crippen MR) is 101 cm³/mol. The fourth-order valence-electron chi connectivity index (χ4n) is 4.89. The van der Waals surface area contributed by atoms with Crippen LogP contribution in [-0.4, -0.2) is 23.8 Å². The maximum atomic E-state index is 12.5. The number of carbonyl (C=O) groups is 3. The molecule has 27 heavy (non-hydrogen) atoms. The van der Waals surface area contributed by atoms with E-state index in [1.165, 1.54) is 11.1 Å². The third-order valence-corrected chi connectivity index (χ3v) is 6.41. The Kier molecular flexibility index (Phi) is 5.02. The summed E-state index contributed by atoms with van der Waals surface area (Å²) >= 11 is 0. The van der Waals surface area contributed by atoms with Gasteiger partial charge in [0.1, 0.15) is 5.78 Å². The molecule has 4 atom stereocenters. The van der Waals surface area contributed by atoms with Gasteiger partial charge in [-0.3, -0.25) is 14.4 Å². The van der Waals surface area contributed by atoms with Gasteiger partial charge in [-0.1, -0.05) is 12.5 Å². The molecule has 1 unspecified atom stereocenters. The molecule has 1 amide bonds. The topological polar surface area (TPSA) is 72.5 Å². The number of hydrogen-bond donors (Lipinski definition) is 1. The molecule has 0 saturated heterocycles. The third-order valence-electron chi connectivity index (χ3n) is 6.41. The molecule has 3 aliphatic rings. The van der Waals surface area contributed by atoms with Crippen LogP contribution in [0.25, 0.3) is 0 Å². The van der Waals surface area contributed by atoms with Gasteiger partial charge in [0.25, 0.3) is 5.91 Å². The van der Waals surface area contributed by atoms with Crippen molar-refractivity contribution in [3.63, 3.8) is 0 Å². The minimum Gasteiger partial charge on any atom is -0.452 e. The highest BCUT2D eigenvalue weighted by Crippen LogP contribution is 2.40. The third kappa shape index (κ3) is 3.78. The first-order valence-electron chi connectivity index (χ1n) is 10.2. The molecular weight excluding hydrogens is 342 g/mol. The number of benzene rings is 1. The molecule has 0 heterocycles. The van der Waals surface area contributed by atoms with E-state index >= 15 is 0 Å². The van der Waals surface area contributed by atoms with Crippen molar-refractivity contribution in [1.82, 2.24) is 0 Å². The number of Topliss-reactive ketones (excluding diaryl/α,β-unsaturated/α-hetero) is 1. The molecule has 4 rings (SSSR count). The lowest BCUT2D eigenvalue weighted by Gasteiger charge is -2.36. The summed E-state index contributed by atoms with van der Waals surface area (Å²) in [5.41, 5.74) is 3.39. The Bertz CT molecular complexity index is 756. The number of hydrogen-bond acceptors (Lipinski definition) is 4. The number of fused-ring (bicyclic) bond motifs is 3. The quantitative estimate of drug-likeness (QED) is 0.825. The van der Waals surface area contributed by atoms with Crippen molar-refractivity contribution in [2.24, 2.45) is 17.8 Å². The van der Waals surface area contributed by atoms with Crippen molar-refractivity contribution in [2.45, 2.75) is 64.4 Å². The van der Waals surface area contributed by atoms with Crippen LogP contribution in [0.2, 0.25) is 0 Å². The Labute approximate surface area is 159 Å². The van der Waals surface area contributed by atoms with Gasteiger partial charge in [0.05, 0.1) is 5.92 Å². The van der Waals surface area contributed by atoms with Crippen molar-refractivity contribution in [3.8, 4) is 0 Å². The van der Waals surface area contributed by atoms with Gasteiger partial charge in [0, 0.05) is 17.5 Å². The second-order valence-electron chi connectivity index (χ2n) is 8.30. The van der Waals surface area contributed by atoms with Gasteiger partial charge in [0.15, 0.2) is 6.10 Å². The van der Waals surface area contributed by atoms with E-state index in [4.69, 9.17) is 4.74 Å². The second-order valence-corrected chi connectivity index (χ2v) is 8.30. The molecule has 2 fully saturated rings. The number of carbonyl (C=O) groups excluding carboxylic acids is 3. The van der Waals surface area contributed by atoms with E-state index in [-0.39, 0.29) is 29.6 Å². The van der Waals surface area contributed by atoms with Crippen LogP contribution >= 0.6 is 0 Å². The van der Waals surface area contributed by atoms with Crippen LogP contribution in [0.4, 0.5) is 5.69 Å². The molecule has 1 aromatic carbocycles. The summed E-state index contributed by atoms with van der Waals surface area (Å²) in [6.45, 7) is 1.61. The van der Waals surface area contributed by atoms with Gasteiger partial charge in [-0.05, 0) is 75.1 Å². The van der Waals surface area contributed by atoms with Crippen LogP contribution < -0.4 is 5.32 Å². The molecule has 5 nitrogen and oxygen atoms in total. The van der Waals surface area contributed by atoms with Crippen molar-refractivity contribution < 1.29 is 19.1 Å². The van der Waals surface area contributed by atoms with E-state index in [9.17, 15) is 14.4 Å². The van der Waals surface area contributed by atoms with Gasteiger partial charge in [-0.25, -0.2) is 0 Å². The van der Waals surface area contributed by atoms with Crippen molar-refractivity contribution in [3.05, 3.63) is 29.3 Å². The van der Waals surface area contributed by atoms with Crippen LogP contribution in [0.15, 0.2) is 18.2 Å². The van der Waals surface area contributed by atoms with Gasteiger partial charge in [0.2, 0.25) is 0 Å². The number of ether oxygens (including phenoxy) is 1. The zero-order valence-corrected chi connectivity index (χ0v) is 15.8. The van der Waals surface area contributed by atoms with E-state index < -0.39 is 6.10 Å². The molecule has 5 heteroatoms. The normalized spacial score (nSPS) is 27.6. The predicted octanol–water partition coefficient (Wildman–Crippen LogP) is 3.44. The second kappa shape index (κ2) is 7.45. The summed E-state index contributed by atoms with van der Waals surface area (Å²) in [7, 11) is 0. The molecule has 1 aromatic rings. The molecular formula is C22H27NO4.